The molecule has 0 bridgehead atoms. The molecule has 0 spiro atoms. The highest BCUT2D eigenvalue weighted by molar-refractivity contribution is 6.07. The van der Waals surface area contributed by atoms with Crippen molar-refractivity contribution < 1.29 is 14.7 Å². The smallest absolute Gasteiger partial charge is 0.305 e. The summed E-state index contributed by atoms with van der Waals surface area (Å²) in [6.07, 6.45) is 1.94. The molecule has 9 heteroatoms. The van der Waals surface area contributed by atoms with E-state index in [-0.39, 0.29) is 36.3 Å². The summed E-state index contributed by atoms with van der Waals surface area (Å²) in [6, 6.07) is 18.3. The fourth-order valence-electron chi connectivity index (χ4n) is 3.96. The first-order valence-corrected chi connectivity index (χ1v) is 11.1. The van der Waals surface area contributed by atoms with Crippen LogP contribution < -0.4 is 26.2 Å². The molecule has 3 aromatic rings. The van der Waals surface area contributed by atoms with E-state index < -0.39 is 5.97 Å². The standard InChI is InChI=1S/C26H23N5O4/c1-17-21(16-18-8-10-19(11-9-18)30(14-5-13-27)15-12-22(32)33)25(34)28-24-23(17)26(35)31(29-24)20-6-3-2-4-7-20/h2-4,6-11,16H,5,12,14-15H2,1H3,(H,32,33)(H,28,29,34)/b21-16-. The molecular weight excluding hydrogens is 446 g/mol. The first kappa shape index (κ1) is 23.4. The van der Waals surface area contributed by atoms with Crippen molar-refractivity contribution in [1.29, 1.82) is 5.26 Å². The number of hydrogen-bond donors (Lipinski definition) is 2. The lowest BCUT2D eigenvalue weighted by Crippen LogP contribution is -2.38. The van der Waals surface area contributed by atoms with Crippen LogP contribution in [0.3, 0.4) is 0 Å². The maximum absolute atomic E-state index is 13.1. The maximum atomic E-state index is 13.1. The fraction of sp³-hybridized carbons (Fsp3) is 0.192. The van der Waals surface area contributed by atoms with Gasteiger partial charge in [-0.1, -0.05) is 30.3 Å². The summed E-state index contributed by atoms with van der Waals surface area (Å²) in [7, 11) is 0. The molecule has 176 valence electrons. The number of nitrogens with zero attached hydrogens (tertiary/aromatic N) is 4. The number of fused-ring (bicyclic) bond motifs is 1. The molecule has 1 aromatic heterocycles. The van der Waals surface area contributed by atoms with Gasteiger partial charge in [0, 0.05) is 24.0 Å². The lowest BCUT2D eigenvalue weighted by molar-refractivity contribution is -0.136. The molecule has 2 heterocycles. The number of carbonyl (C=O) groups is 2. The summed E-state index contributed by atoms with van der Waals surface area (Å²) in [6.45, 7) is 2.43. The molecule has 0 saturated carbocycles. The number of pyridine rings is 1. The molecule has 2 aromatic carbocycles. The van der Waals surface area contributed by atoms with E-state index in [4.69, 9.17) is 10.4 Å². The van der Waals surface area contributed by atoms with Gasteiger partial charge in [0.2, 0.25) is 0 Å². The van der Waals surface area contributed by atoms with E-state index in [1.54, 1.807) is 25.1 Å². The number of nitriles is 1. The molecule has 0 unspecified atom stereocenters. The molecule has 2 N–H and O–H groups in total. The van der Waals surface area contributed by atoms with Gasteiger partial charge in [-0.3, -0.25) is 14.4 Å². The van der Waals surface area contributed by atoms with Crippen molar-refractivity contribution in [2.24, 2.45) is 5.10 Å². The molecule has 0 radical (unpaired) electrons. The molecule has 0 aliphatic carbocycles. The molecule has 4 rings (SSSR count). The minimum Gasteiger partial charge on any atom is -0.481 e. The van der Waals surface area contributed by atoms with E-state index in [2.05, 4.69) is 16.2 Å². The third-order valence-electron chi connectivity index (χ3n) is 5.76. The Morgan fingerprint density at radius 2 is 1.86 bits per heavy atom. The molecule has 9 nitrogen and oxygen atoms in total. The number of amides is 1. The van der Waals surface area contributed by atoms with Crippen molar-refractivity contribution in [1.82, 2.24) is 4.98 Å². The van der Waals surface area contributed by atoms with Gasteiger partial charge in [0.05, 0.1) is 30.2 Å². The summed E-state index contributed by atoms with van der Waals surface area (Å²) in [4.78, 5) is 41.4. The number of aromatic nitrogens is 1. The molecule has 0 saturated heterocycles. The quantitative estimate of drug-likeness (QED) is 0.518. The van der Waals surface area contributed by atoms with Gasteiger partial charge in [0.25, 0.3) is 11.5 Å². The highest BCUT2D eigenvalue weighted by Gasteiger charge is 2.28. The van der Waals surface area contributed by atoms with Crippen LogP contribution in [0, 0.1) is 18.3 Å². The number of nitrogens with one attached hydrogen (secondary N) is 1. The number of aromatic amines is 1. The Kier molecular flexibility index (Phi) is 6.73. The molecule has 0 fully saturated rings. The van der Waals surface area contributed by atoms with E-state index in [1.807, 2.05) is 47.4 Å². The fourth-order valence-corrected chi connectivity index (χ4v) is 3.96. The molecule has 0 atom stereocenters. The van der Waals surface area contributed by atoms with Crippen molar-refractivity contribution in [3.05, 3.63) is 92.3 Å². The van der Waals surface area contributed by atoms with Crippen LogP contribution in [0.2, 0.25) is 0 Å². The van der Waals surface area contributed by atoms with E-state index in [0.29, 0.717) is 28.6 Å². The normalized spacial score (nSPS) is 12.7. The summed E-state index contributed by atoms with van der Waals surface area (Å²) < 4.78 is 0. The lowest BCUT2D eigenvalue weighted by atomic mass is 10.1. The van der Waals surface area contributed by atoms with E-state index in [9.17, 15) is 14.4 Å². The first-order valence-electron chi connectivity index (χ1n) is 11.1. The van der Waals surface area contributed by atoms with Gasteiger partial charge in [-0.05, 0) is 48.4 Å². The highest BCUT2D eigenvalue weighted by Crippen LogP contribution is 2.20. The summed E-state index contributed by atoms with van der Waals surface area (Å²) in [5, 5.41) is 23.8. The summed E-state index contributed by atoms with van der Waals surface area (Å²) in [5.74, 6) is -1.22. The Balaban J connectivity index is 1.66. The van der Waals surface area contributed by atoms with Crippen LogP contribution in [0.4, 0.5) is 11.4 Å². The van der Waals surface area contributed by atoms with Gasteiger partial charge in [0.1, 0.15) is 0 Å². The van der Waals surface area contributed by atoms with Crippen LogP contribution in [0.25, 0.3) is 6.08 Å². The van der Waals surface area contributed by atoms with Crippen molar-refractivity contribution in [3.8, 4) is 6.07 Å². The van der Waals surface area contributed by atoms with Gasteiger partial charge in [-0.15, -0.1) is 5.10 Å². The number of rotatable bonds is 8. The third kappa shape index (κ3) is 4.96. The molecular formula is C26H23N5O4. The number of carboxylic acids is 1. The van der Waals surface area contributed by atoms with Crippen molar-refractivity contribution in [2.45, 2.75) is 19.8 Å². The van der Waals surface area contributed by atoms with Gasteiger partial charge in [-0.2, -0.15) is 10.3 Å². The second kappa shape index (κ2) is 10.1. The molecule has 1 aliphatic rings. The SMILES string of the molecule is Cc1c2c([nH]c(=O)/c1=C\c1ccc(N(CCC#N)CCC(=O)O)cc1)=NN(c1ccccc1)C2=O. The van der Waals surface area contributed by atoms with Gasteiger partial charge < -0.3 is 15.0 Å². The van der Waals surface area contributed by atoms with Crippen LogP contribution in [0.5, 0.6) is 0 Å². The Morgan fingerprint density at radius 3 is 2.51 bits per heavy atom. The average molecular weight is 470 g/mol. The minimum absolute atomic E-state index is 0.0396. The number of benzene rings is 2. The lowest BCUT2D eigenvalue weighted by Gasteiger charge is -2.23. The number of H-pyrrole nitrogens is 1. The van der Waals surface area contributed by atoms with Crippen molar-refractivity contribution >= 4 is 29.3 Å². The van der Waals surface area contributed by atoms with Crippen molar-refractivity contribution in [2.75, 3.05) is 23.0 Å². The predicted octanol–water partition coefficient (Wildman–Crippen LogP) is 1.90. The second-order valence-corrected chi connectivity index (χ2v) is 8.04. The summed E-state index contributed by atoms with van der Waals surface area (Å²) in [5.41, 5.74) is 2.91. The zero-order valence-corrected chi connectivity index (χ0v) is 19.1. The molecule has 35 heavy (non-hydrogen) atoms. The van der Waals surface area contributed by atoms with Crippen LogP contribution in [0.15, 0.2) is 64.5 Å². The van der Waals surface area contributed by atoms with Gasteiger partial charge in [0.15, 0.2) is 5.49 Å². The number of carbonyl (C=O) groups excluding carboxylic acids is 1. The van der Waals surface area contributed by atoms with E-state index in [1.165, 1.54) is 5.01 Å². The monoisotopic (exact) mass is 469 g/mol. The zero-order chi connectivity index (χ0) is 24.9. The number of aliphatic carboxylic acids is 1. The van der Waals surface area contributed by atoms with Crippen LogP contribution in [0.1, 0.15) is 34.3 Å². The second-order valence-electron chi connectivity index (χ2n) is 8.04. The van der Waals surface area contributed by atoms with Crippen LogP contribution in [-0.2, 0) is 4.79 Å². The molecule has 1 amide bonds. The number of para-hydroxylation sites is 1. The van der Waals surface area contributed by atoms with E-state index >= 15 is 0 Å². The van der Waals surface area contributed by atoms with Gasteiger partial charge in [-0.25, -0.2) is 0 Å². The first-order chi connectivity index (χ1) is 16.9. The topological polar surface area (TPSA) is 130 Å². The Bertz CT molecular complexity index is 1490. The third-order valence-corrected chi connectivity index (χ3v) is 5.76. The number of carboxylic acid groups (broad SMARTS) is 1. The van der Waals surface area contributed by atoms with Gasteiger partial charge >= 0.3 is 5.97 Å². The van der Waals surface area contributed by atoms with Crippen LogP contribution in [-0.4, -0.2) is 35.1 Å². The average Bonchev–Trinajstić information content (AvgIpc) is 3.18. The van der Waals surface area contributed by atoms with Crippen LogP contribution >= 0.6 is 0 Å². The van der Waals surface area contributed by atoms with E-state index in [0.717, 1.165) is 11.3 Å². The zero-order valence-electron chi connectivity index (χ0n) is 19.1. The molecule has 1 aliphatic heterocycles. The maximum Gasteiger partial charge on any atom is 0.305 e. The number of hydrogen-bond acceptors (Lipinski definition) is 6. The minimum atomic E-state index is -0.907. The Labute approximate surface area is 200 Å². The van der Waals surface area contributed by atoms with Crippen molar-refractivity contribution in [3.63, 3.8) is 0 Å². The highest BCUT2D eigenvalue weighted by atomic mass is 16.4. The largest absolute Gasteiger partial charge is 0.481 e. The Hall–Kier alpha value is -4.71. The number of anilines is 2. The predicted molar refractivity (Wildman–Crippen MR) is 131 cm³/mol. The summed E-state index contributed by atoms with van der Waals surface area (Å²) >= 11 is 0. The Morgan fingerprint density at radius 1 is 1.14 bits per heavy atom.